The molecule has 2 fully saturated rings. The van der Waals surface area contributed by atoms with Crippen LogP contribution in [0.25, 0.3) is 0 Å². The van der Waals surface area contributed by atoms with Crippen molar-refractivity contribution >= 4 is 0 Å². The van der Waals surface area contributed by atoms with Crippen molar-refractivity contribution in [2.45, 2.75) is 50.7 Å². The maximum absolute atomic E-state index is 5.82. The number of nitrogens with two attached hydrogens (primary N) is 1. The molecule has 1 aliphatic heterocycles. The first-order valence-corrected chi connectivity index (χ1v) is 6.38. The smallest absolute Gasteiger partial charge is 0.0196 e. The largest absolute Gasteiger partial charge is 0.329 e. The van der Waals surface area contributed by atoms with Crippen LogP contribution in [-0.4, -0.2) is 54.6 Å². The summed E-state index contributed by atoms with van der Waals surface area (Å²) in [4.78, 5) is 5.15. The van der Waals surface area contributed by atoms with E-state index in [0.717, 1.165) is 18.6 Å². The van der Waals surface area contributed by atoms with Gasteiger partial charge < -0.3 is 10.6 Å². The van der Waals surface area contributed by atoms with Crippen molar-refractivity contribution in [3.05, 3.63) is 0 Å². The zero-order chi connectivity index (χ0) is 10.8. The molecular weight excluding hydrogens is 186 g/mol. The van der Waals surface area contributed by atoms with Crippen molar-refractivity contribution in [3.63, 3.8) is 0 Å². The van der Waals surface area contributed by atoms with Crippen molar-refractivity contribution in [3.8, 4) is 0 Å². The van der Waals surface area contributed by atoms with Crippen LogP contribution in [0.2, 0.25) is 0 Å². The predicted octanol–water partition coefficient (Wildman–Crippen LogP) is 0.892. The summed E-state index contributed by atoms with van der Waals surface area (Å²) in [6.45, 7) is 5.61. The summed E-state index contributed by atoms with van der Waals surface area (Å²) in [6, 6.07) is 2.23. The molecule has 0 bridgehead atoms. The summed E-state index contributed by atoms with van der Waals surface area (Å²) >= 11 is 0. The van der Waals surface area contributed by atoms with E-state index >= 15 is 0 Å². The van der Waals surface area contributed by atoms with E-state index in [4.69, 9.17) is 5.73 Å². The lowest BCUT2D eigenvalue weighted by molar-refractivity contribution is 0.0830. The molecule has 88 valence electrons. The first-order valence-electron chi connectivity index (χ1n) is 6.38. The Morgan fingerprint density at radius 2 is 1.73 bits per heavy atom. The molecule has 0 aromatic carbocycles. The van der Waals surface area contributed by atoms with Crippen molar-refractivity contribution in [1.82, 2.24) is 9.80 Å². The Labute approximate surface area is 93.6 Å². The highest BCUT2D eigenvalue weighted by atomic mass is 15.3. The zero-order valence-electron chi connectivity index (χ0n) is 10.2. The molecule has 3 heteroatoms. The molecule has 1 aliphatic carbocycles. The van der Waals surface area contributed by atoms with Gasteiger partial charge in [0, 0.05) is 24.7 Å². The second-order valence-corrected chi connectivity index (χ2v) is 5.30. The second-order valence-electron chi connectivity index (χ2n) is 5.30. The molecule has 1 saturated heterocycles. The lowest BCUT2D eigenvalue weighted by Gasteiger charge is -2.40. The number of nitrogens with zero attached hydrogens (tertiary/aromatic N) is 2. The van der Waals surface area contributed by atoms with Crippen molar-refractivity contribution in [2.75, 3.05) is 26.7 Å². The average Bonchev–Trinajstić information content (AvgIpc) is 3.05. The van der Waals surface area contributed by atoms with E-state index in [2.05, 4.69) is 23.8 Å². The van der Waals surface area contributed by atoms with Crippen LogP contribution in [0.4, 0.5) is 0 Å². The van der Waals surface area contributed by atoms with E-state index in [0.29, 0.717) is 6.04 Å². The van der Waals surface area contributed by atoms with Crippen LogP contribution in [0.3, 0.4) is 0 Å². The van der Waals surface area contributed by atoms with Crippen LogP contribution in [-0.2, 0) is 0 Å². The Kier molecular flexibility index (Phi) is 3.65. The van der Waals surface area contributed by atoms with Gasteiger partial charge in [0.25, 0.3) is 0 Å². The lowest BCUT2D eigenvalue weighted by atomic mass is 10.0. The highest BCUT2D eigenvalue weighted by molar-refractivity contribution is 4.93. The number of piperidine rings is 1. The minimum atomic E-state index is 0.575. The third kappa shape index (κ3) is 2.71. The minimum Gasteiger partial charge on any atom is -0.329 e. The Hall–Kier alpha value is -0.120. The van der Waals surface area contributed by atoms with Crippen LogP contribution in [0.1, 0.15) is 32.6 Å². The minimum absolute atomic E-state index is 0.575. The number of hydrogen-bond acceptors (Lipinski definition) is 3. The molecule has 0 aromatic heterocycles. The summed E-state index contributed by atoms with van der Waals surface area (Å²) in [7, 11) is 2.23. The molecule has 2 N–H and O–H groups in total. The Morgan fingerprint density at radius 3 is 2.20 bits per heavy atom. The average molecular weight is 211 g/mol. The van der Waals surface area contributed by atoms with Crippen molar-refractivity contribution in [1.29, 1.82) is 0 Å². The topological polar surface area (TPSA) is 32.5 Å². The van der Waals surface area contributed by atoms with Gasteiger partial charge in [-0.2, -0.15) is 0 Å². The van der Waals surface area contributed by atoms with Crippen LogP contribution in [0.5, 0.6) is 0 Å². The van der Waals surface area contributed by atoms with Crippen LogP contribution in [0, 0.1) is 0 Å². The van der Waals surface area contributed by atoms with Gasteiger partial charge in [0.05, 0.1) is 0 Å². The molecule has 2 rings (SSSR count). The summed E-state index contributed by atoms with van der Waals surface area (Å²) < 4.78 is 0. The molecular formula is C12H25N3. The number of rotatable bonds is 4. The molecule has 0 amide bonds. The third-order valence-corrected chi connectivity index (χ3v) is 3.93. The van der Waals surface area contributed by atoms with Crippen molar-refractivity contribution < 1.29 is 0 Å². The van der Waals surface area contributed by atoms with Gasteiger partial charge in [-0.3, -0.25) is 4.90 Å². The standard InChI is InChI=1S/C12H25N3/c1-10(9-13)15(11-3-4-11)12-5-7-14(2)8-6-12/h10-12H,3-9,13H2,1-2H3. The van der Waals surface area contributed by atoms with Gasteiger partial charge in [0.15, 0.2) is 0 Å². The molecule has 15 heavy (non-hydrogen) atoms. The van der Waals surface area contributed by atoms with Crippen LogP contribution >= 0.6 is 0 Å². The van der Waals surface area contributed by atoms with Gasteiger partial charge in [0.2, 0.25) is 0 Å². The van der Waals surface area contributed by atoms with Crippen LogP contribution < -0.4 is 5.73 Å². The Balaban J connectivity index is 1.92. The first-order chi connectivity index (χ1) is 7.22. The fraction of sp³-hybridized carbons (Fsp3) is 1.00. The van der Waals surface area contributed by atoms with Gasteiger partial charge in [-0.25, -0.2) is 0 Å². The lowest BCUT2D eigenvalue weighted by Crippen LogP contribution is -2.50. The molecule has 0 spiro atoms. The van der Waals surface area contributed by atoms with Crippen LogP contribution in [0.15, 0.2) is 0 Å². The van der Waals surface area contributed by atoms with Gasteiger partial charge in [-0.15, -0.1) is 0 Å². The predicted molar refractivity (Wildman–Crippen MR) is 63.9 cm³/mol. The number of likely N-dealkylation sites (tertiary alicyclic amines) is 1. The number of hydrogen-bond donors (Lipinski definition) is 1. The molecule has 1 saturated carbocycles. The Morgan fingerprint density at radius 1 is 1.20 bits per heavy atom. The van der Waals surface area contributed by atoms with E-state index in [9.17, 15) is 0 Å². The normalized spacial score (nSPS) is 27.2. The first kappa shape index (κ1) is 11.4. The summed E-state index contributed by atoms with van der Waals surface area (Å²) in [5.74, 6) is 0. The van der Waals surface area contributed by atoms with E-state index in [1.165, 1.54) is 38.8 Å². The zero-order valence-corrected chi connectivity index (χ0v) is 10.2. The maximum Gasteiger partial charge on any atom is 0.0196 e. The highest BCUT2D eigenvalue weighted by Crippen LogP contribution is 2.33. The fourth-order valence-corrected chi connectivity index (χ4v) is 2.81. The SMILES string of the molecule is CC(CN)N(C1CC1)C1CCN(C)CC1. The second kappa shape index (κ2) is 4.81. The molecule has 2 aliphatic rings. The Bertz CT molecular complexity index is 195. The van der Waals surface area contributed by atoms with E-state index in [1.807, 2.05) is 0 Å². The van der Waals surface area contributed by atoms with Gasteiger partial charge in [0.1, 0.15) is 0 Å². The van der Waals surface area contributed by atoms with Gasteiger partial charge in [-0.1, -0.05) is 0 Å². The summed E-state index contributed by atoms with van der Waals surface area (Å²) in [5.41, 5.74) is 5.82. The fourth-order valence-electron chi connectivity index (χ4n) is 2.81. The highest BCUT2D eigenvalue weighted by Gasteiger charge is 2.37. The monoisotopic (exact) mass is 211 g/mol. The van der Waals surface area contributed by atoms with E-state index in [1.54, 1.807) is 0 Å². The van der Waals surface area contributed by atoms with E-state index < -0.39 is 0 Å². The van der Waals surface area contributed by atoms with Gasteiger partial charge in [-0.05, 0) is 52.7 Å². The molecule has 1 unspecified atom stereocenters. The molecule has 0 radical (unpaired) electrons. The van der Waals surface area contributed by atoms with Crippen molar-refractivity contribution in [2.24, 2.45) is 5.73 Å². The van der Waals surface area contributed by atoms with E-state index in [-0.39, 0.29) is 0 Å². The van der Waals surface area contributed by atoms with Gasteiger partial charge >= 0.3 is 0 Å². The summed E-state index contributed by atoms with van der Waals surface area (Å²) in [6.07, 6.45) is 5.46. The summed E-state index contributed by atoms with van der Waals surface area (Å²) in [5, 5.41) is 0. The quantitative estimate of drug-likeness (QED) is 0.749. The maximum atomic E-state index is 5.82. The molecule has 1 atom stereocenters. The molecule has 0 aromatic rings. The molecule has 3 nitrogen and oxygen atoms in total. The third-order valence-electron chi connectivity index (χ3n) is 3.93. The molecule has 1 heterocycles.